The lowest BCUT2D eigenvalue weighted by molar-refractivity contribution is -0.118. The number of aryl methyl sites for hydroxylation is 1. The number of hydrogen-bond acceptors (Lipinski definition) is 6. The number of anilines is 2. The second kappa shape index (κ2) is 9.35. The maximum atomic E-state index is 13.8. The van der Waals surface area contributed by atoms with E-state index >= 15 is 0 Å². The van der Waals surface area contributed by atoms with Crippen LogP contribution in [0.15, 0.2) is 42.5 Å². The Balaban J connectivity index is 1.98. The zero-order valence-electron chi connectivity index (χ0n) is 16.8. The van der Waals surface area contributed by atoms with Gasteiger partial charge in [-0.15, -0.1) is 0 Å². The summed E-state index contributed by atoms with van der Waals surface area (Å²) >= 11 is 0.926. The minimum absolute atomic E-state index is 0.0990. The first-order chi connectivity index (χ1) is 15.1. The van der Waals surface area contributed by atoms with E-state index in [1.54, 1.807) is 6.92 Å². The molecule has 2 N–H and O–H groups in total. The van der Waals surface area contributed by atoms with Crippen LogP contribution in [0.5, 0.6) is 5.75 Å². The van der Waals surface area contributed by atoms with Crippen molar-refractivity contribution in [2.75, 3.05) is 4.90 Å². The molecular formula is C21H17F4N3O3S. The fraction of sp³-hybridized carbons (Fsp3) is 0.190. The normalized spacial score (nSPS) is 12.0. The number of nitrogens with zero attached hydrogens (tertiary/aromatic N) is 2. The van der Waals surface area contributed by atoms with Gasteiger partial charge in [-0.2, -0.15) is 8.78 Å². The smallest absolute Gasteiger partial charge is 0.387 e. The molecule has 1 amide bonds. The molecule has 6 nitrogen and oxygen atoms in total. The summed E-state index contributed by atoms with van der Waals surface area (Å²) < 4.78 is 56.1. The Hall–Kier alpha value is -3.47. The quantitative estimate of drug-likeness (QED) is 0.387. The van der Waals surface area contributed by atoms with Gasteiger partial charge in [0, 0.05) is 17.3 Å². The van der Waals surface area contributed by atoms with Crippen LogP contribution >= 0.6 is 11.3 Å². The van der Waals surface area contributed by atoms with Gasteiger partial charge in [0.2, 0.25) is 11.7 Å². The average Bonchev–Trinajstić information content (AvgIpc) is 3.11. The number of benzene rings is 2. The molecule has 1 atom stereocenters. The summed E-state index contributed by atoms with van der Waals surface area (Å²) in [4.78, 5) is 30.6. The molecule has 11 heteroatoms. The standard InChI is InChI=1S/C21H17F4N3O3S/c1-10-18(17(29)12-3-6-14(7-4-12)31-20(24)25)32-21(27-10)28(11(2)19(26)30)13-5-8-15(22)16(23)9-13/h3-9,11,20H,1-2H3,(H2,26,30). The third-order valence-corrected chi connectivity index (χ3v) is 5.68. The van der Waals surface area contributed by atoms with E-state index in [0.29, 0.717) is 5.69 Å². The Morgan fingerprint density at radius 2 is 1.75 bits per heavy atom. The first-order valence-corrected chi connectivity index (χ1v) is 10.0. The summed E-state index contributed by atoms with van der Waals surface area (Å²) in [6.45, 7) is 0.0426. The molecule has 0 fully saturated rings. The SMILES string of the molecule is Cc1nc(N(c2ccc(F)c(F)c2)C(C)C(N)=O)sc1C(=O)c1ccc(OC(F)F)cc1. The van der Waals surface area contributed by atoms with Gasteiger partial charge in [-0.25, -0.2) is 13.8 Å². The number of nitrogens with two attached hydrogens (primary N) is 1. The van der Waals surface area contributed by atoms with Crippen LogP contribution in [0.3, 0.4) is 0 Å². The highest BCUT2D eigenvalue weighted by Crippen LogP contribution is 2.35. The van der Waals surface area contributed by atoms with Crippen LogP contribution in [0.1, 0.15) is 27.9 Å². The van der Waals surface area contributed by atoms with Crippen molar-refractivity contribution in [3.8, 4) is 5.75 Å². The van der Waals surface area contributed by atoms with Gasteiger partial charge in [0.25, 0.3) is 0 Å². The number of primary amides is 1. The molecular weight excluding hydrogens is 450 g/mol. The molecule has 2 aromatic carbocycles. The third-order valence-electron chi connectivity index (χ3n) is 4.52. The second-order valence-corrected chi connectivity index (χ2v) is 7.67. The van der Waals surface area contributed by atoms with Crippen molar-refractivity contribution in [3.05, 3.63) is 70.2 Å². The van der Waals surface area contributed by atoms with Crippen molar-refractivity contribution in [2.45, 2.75) is 26.5 Å². The molecule has 0 spiro atoms. The van der Waals surface area contributed by atoms with E-state index in [9.17, 15) is 27.2 Å². The maximum absolute atomic E-state index is 13.8. The number of alkyl halides is 2. The van der Waals surface area contributed by atoms with E-state index in [4.69, 9.17) is 5.73 Å². The third kappa shape index (κ3) is 4.88. The molecule has 0 saturated heterocycles. The molecule has 3 aromatic rings. The highest BCUT2D eigenvalue weighted by Gasteiger charge is 2.27. The van der Waals surface area contributed by atoms with Crippen molar-refractivity contribution in [2.24, 2.45) is 5.73 Å². The Bertz CT molecular complexity index is 1150. The number of carbonyl (C=O) groups is 2. The second-order valence-electron chi connectivity index (χ2n) is 6.69. The predicted molar refractivity (Wildman–Crippen MR) is 111 cm³/mol. The van der Waals surface area contributed by atoms with Crippen LogP contribution in [0.4, 0.5) is 28.4 Å². The summed E-state index contributed by atoms with van der Waals surface area (Å²) in [5, 5.41) is 0.167. The molecule has 0 saturated carbocycles. The number of carbonyl (C=O) groups excluding carboxylic acids is 2. The first kappa shape index (κ1) is 23.2. The van der Waals surface area contributed by atoms with Gasteiger partial charge in [-0.3, -0.25) is 9.59 Å². The zero-order chi connectivity index (χ0) is 23.6. The number of thiazole rings is 1. The van der Waals surface area contributed by atoms with Gasteiger partial charge >= 0.3 is 6.61 Å². The van der Waals surface area contributed by atoms with Crippen molar-refractivity contribution in [1.29, 1.82) is 0 Å². The highest BCUT2D eigenvalue weighted by molar-refractivity contribution is 7.18. The number of halogens is 4. The Labute approximate surface area is 184 Å². The van der Waals surface area contributed by atoms with Gasteiger partial charge in [0.15, 0.2) is 16.8 Å². The fourth-order valence-electron chi connectivity index (χ4n) is 2.88. The fourth-order valence-corrected chi connectivity index (χ4v) is 4.01. The van der Waals surface area contributed by atoms with Gasteiger partial charge in [-0.05, 0) is 50.2 Å². The summed E-state index contributed by atoms with van der Waals surface area (Å²) in [5.41, 5.74) is 6.07. The van der Waals surface area contributed by atoms with Crippen LogP contribution in [0, 0.1) is 18.6 Å². The summed E-state index contributed by atoms with van der Waals surface area (Å²) in [7, 11) is 0. The van der Waals surface area contributed by atoms with E-state index in [0.717, 1.165) is 23.5 Å². The van der Waals surface area contributed by atoms with Gasteiger partial charge in [0.05, 0.1) is 10.6 Å². The summed E-state index contributed by atoms with van der Waals surface area (Å²) in [6.07, 6.45) is 0. The Kier molecular flexibility index (Phi) is 6.78. The van der Waals surface area contributed by atoms with Crippen molar-refractivity contribution < 1.29 is 31.9 Å². The number of rotatable bonds is 8. The van der Waals surface area contributed by atoms with Crippen LogP contribution in [0.2, 0.25) is 0 Å². The molecule has 168 valence electrons. The average molecular weight is 467 g/mol. The monoisotopic (exact) mass is 467 g/mol. The summed E-state index contributed by atoms with van der Waals surface area (Å²) in [6, 6.07) is 7.21. The van der Waals surface area contributed by atoms with Gasteiger partial charge in [-0.1, -0.05) is 11.3 Å². The molecule has 1 unspecified atom stereocenters. The molecule has 0 aliphatic rings. The van der Waals surface area contributed by atoms with E-state index in [1.807, 2.05) is 0 Å². The molecule has 0 radical (unpaired) electrons. The lowest BCUT2D eigenvalue weighted by Crippen LogP contribution is -2.40. The molecule has 1 heterocycles. The Morgan fingerprint density at radius 3 is 2.31 bits per heavy atom. The van der Waals surface area contributed by atoms with Gasteiger partial charge < -0.3 is 15.4 Å². The topological polar surface area (TPSA) is 85.5 Å². The molecule has 1 aromatic heterocycles. The van der Waals surface area contributed by atoms with E-state index in [2.05, 4.69) is 9.72 Å². The number of ketones is 1. The van der Waals surface area contributed by atoms with Crippen LogP contribution in [-0.4, -0.2) is 29.3 Å². The van der Waals surface area contributed by atoms with Crippen molar-refractivity contribution in [1.82, 2.24) is 4.98 Å². The molecule has 3 rings (SSSR count). The highest BCUT2D eigenvalue weighted by atomic mass is 32.1. The van der Waals surface area contributed by atoms with E-state index in [-0.39, 0.29) is 27.0 Å². The molecule has 0 aliphatic heterocycles. The number of aromatic nitrogens is 1. The minimum atomic E-state index is -2.99. The number of hydrogen-bond donors (Lipinski definition) is 1. The maximum Gasteiger partial charge on any atom is 0.387 e. The lowest BCUT2D eigenvalue weighted by Gasteiger charge is -2.26. The van der Waals surface area contributed by atoms with E-state index in [1.165, 1.54) is 42.2 Å². The van der Waals surface area contributed by atoms with Crippen LogP contribution in [0.25, 0.3) is 0 Å². The molecule has 0 bridgehead atoms. The van der Waals surface area contributed by atoms with E-state index < -0.39 is 36.0 Å². The number of ether oxygens (including phenoxy) is 1. The van der Waals surface area contributed by atoms with Crippen molar-refractivity contribution in [3.63, 3.8) is 0 Å². The summed E-state index contributed by atoms with van der Waals surface area (Å²) in [5.74, 6) is -3.47. The number of amides is 1. The van der Waals surface area contributed by atoms with Crippen molar-refractivity contribution >= 4 is 33.8 Å². The Morgan fingerprint density at radius 1 is 1.09 bits per heavy atom. The predicted octanol–water partition coefficient (Wildman–Crippen LogP) is 4.57. The largest absolute Gasteiger partial charge is 0.435 e. The molecule has 32 heavy (non-hydrogen) atoms. The minimum Gasteiger partial charge on any atom is -0.435 e. The lowest BCUT2D eigenvalue weighted by atomic mass is 10.1. The van der Waals surface area contributed by atoms with Crippen LogP contribution in [-0.2, 0) is 4.79 Å². The van der Waals surface area contributed by atoms with Crippen LogP contribution < -0.4 is 15.4 Å². The van der Waals surface area contributed by atoms with Gasteiger partial charge in [0.1, 0.15) is 11.8 Å². The zero-order valence-corrected chi connectivity index (χ0v) is 17.6. The molecule has 0 aliphatic carbocycles. The first-order valence-electron chi connectivity index (χ1n) is 9.19.